The van der Waals surface area contributed by atoms with Gasteiger partial charge in [0.05, 0.1) is 10.4 Å². The lowest BCUT2D eigenvalue weighted by molar-refractivity contribution is -0.141. The fraction of sp³-hybridized carbons (Fsp3) is 0.300. The zero-order valence-electron chi connectivity index (χ0n) is 7.93. The molecule has 0 heterocycles. The molecule has 1 aromatic carbocycles. The summed E-state index contributed by atoms with van der Waals surface area (Å²) in [5.74, 6) is -2.96. The second-order valence-electron chi connectivity index (χ2n) is 3.30. The number of rotatable bonds is 3. The van der Waals surface area contributed by atoms with Crippen LogP contribution >= 0.6 is 15.9 Å². The molecule has 82 valence electrons. The molecule has 1 rings (SSSR count). The van der Waals surface area contributed by atoms with Crippen molar-refractivity contribution in [1.29, 1.82) is 0 Å². The van der Waals surface area contributed by atoms with Crippen LogP contribution in [0.25, 0.3) is 0 Å². The molecular weight excluding hydrogens is 270 g/mol. The van der Waals surface area contributed by atoms with E-state index in [1.807, 2.05) is 0 Å². The van der Waals surface area contributed by atoms with Gasteiger partial charge in [-0.25, -0.2) is 8.78 Å². The van der Waals surface area contributed by atoms with Crippen LogP contribution in [-0.4, -0.2) is 11.1 Å². The highest BCUT2D eigenvalue weighted by molar-refractivity contribution is 9.10. The summed E-state index contributed by atoms with van der Waals surface area (Å²) in [6, 6.07) is 2.01. The topological polar surface area (TPSA) is 37.3 Å². The van der Waals surface area contributed by atoms with Crippen LogP contribution in [0.1, 0.15) is 12.5 Å². The maximum Gasteiger partial charge on any atom is 0.306 e. The van der Waals surface area contributed by atoms with E-state index in [0.717, 1.165) is 12.1 Å². The summed E-state index contributed by atoms with van der Waals surface area (Å²) in [5.41, 5.74) is 0.0746. The molecule has 0 saturated carbocycles. The molecule has 0 spiro atoms. The first kappa shape index (κ1) is 12.1. The summed E-state index contributed by atoms with van der Waals surface area (Å²) in [6.07, 6.45) is -0.0225. The summed E-state index contributed by atoms with van der Waals surface area (Å²) >= 11 is 2.84. The van der Waals surface area contributed by atoms with Gasteiger partial charge >= 0.3 is 5.97 Å². The minimum Gasteiger partial charge on any atom is -0.481 e. The lowest BCUT2D eigenvalue weighted by atomic mass is 10.0. The summed E-state index contributed by atoms with van der Waals surface area (Å²) < 4.78 is 26.3. The Hall–Kier alpha value is -0.970. The molecule has 1 unspecified atom stereocenters. The third-order valence-electron chi connectivity index (χ3n) is 2.04. The van der Waals surface area contributed by atoms with Crippen molar-refractivity contribution < 1.29 is 18.7 Å². The van der Waals surface area contributed by atoms with Gasteiger partial charge in [0.2, 0.25) is 0 Å². The SMILES string of the molecule is CC(Cc1cc(F)c(Br)cc1F)C(=O)O. The quantitative estimate of drug-likeness (QED) is 0.863. The lowest BCUT2D eigenvalue weighted by Gasteiger charge is -2.08. The van der Waals surface area contributed by atoms with E-state index in [4.69, 9.17) is 5.11 Å². The predicted molar refractivity (Wildman–Crippen MR) is 54.6 cm³/mol. The number of carboxylic acid groups (broad SMARTS) is 1. The highest BCUT2D eigenvalue weighted by Gasteiger charge is 2.16. The third kappa shape index (κ3) is 2.99. The van der Waals surface area contributed by atoms with Crippen molar-refractivity contribution in [3.05, 3.63) is 33.8 Å². The van der Waals surface area contributed by atoms with E-state index in [2.05, 4.69) is 15.9 Å². The number of carboxylic acids is 1. The van der Waals surface area contributed by atoms with Gasteiger partial charge in [0.1, 0.15) is 11.6 Å². The summed E-state index contributed by atoms with van der Waals surface area (Å²) in [6.45, 7) is 1.45. The summed E-state index contributed by atoms with van der Waals surface area (Å²) in [4.78, 5) is 10.5. The average Bonchev–Trinajstić information content (AvgIpc) is 2.13. The van der Waals surface area contributed by atoms with Crippen LogP contribution in [0.4, 0.5) is 8.78 Å². The smallest absolute Gasteiger partial charge is 0.306 e. The Balaban J connectivity index is 2.95. The number of aliphatic carboxylic acids is 1. The van der Waals surface area contributed by atoms with Crippen LogP contribution in [0.15, 0.2) is 16.6 Å². The Kier molecular flexibility index (Phi) is 3.79. The van der Waals surface area contributed by atoms with Gasteiger partial charge in [-0.1, -0.05) is 6.92 Å². The zero-order chi connectivity index (χ0) is 11.6. The first-order valence-corrected chi connectivity index (χ1v) is 5.07. The van der Waals surface area contributed by atoms with Gasteiger partial charge in [-0.15, -0.1) is 0 Å². The van der Waals surface area contributed by atoms with E-state index in [0.29, 0.717) is 0 Å². The van der Waals surface area contributed by atoms with E-state index in [1.54, 1.807) is 0 Å². The minimum absolute atomic E-state index is 0.0225. The van der Waals surface area contributed by atoms with Crippen LogP contribution in [-0.2, 0) is 11.2 Å². The van der Waals surface area contributed by atoms with E-state index in [9.17, 15) is 13.6 Å². The molecule has 0 fully saturated rings. The molecule has 0 aliphatic heterocycles. The Bertz CT molecular complexity index is 393. The second kappa shape index (κ2) is 4.70. The second-order valence-corrected chi connectivity index (χ2v) is 4.16. The fourth-order valence-electron chi connectivity index (χ4n) is 1.14. The largest absolute Gasteiger partial charge is 0.481 e. The van der Waals surface area contributed by atoms with Crippen molar-refractivity contribution in [3.63, 3.8) is 0 Å². The van der Waals surface area contributed by atoms with Gasteiger partial charge in [0, 0.05) is 0 Å². The van der Waals surface area contributed by atoms with Gasteiger partial charge in [0.15, 0.2) is 0 Å². The van der Waals surface area contributed by atoms with Crippen molar-refractivity contribution >= 4 is 21.9 Å². The van der Waals surface area contributed by atoms with Gasteiger partial charge in [-0.3, -0.25) is 4.79 Å². The van der Waals surface area contributed by atoms with Crippen molar-refractivity contribution in [1.82, 2.24) is 0 Å². The number of hydrogen-bond donors (Lipinski definition) is 1. The molecule has 0 bridgehead atoms. The molecule has 0 saturated heterocycles. The molecule has 1 atom stereocenters. The van der Waals surface area contributed by atoms with Crippen molar-refractivity contribution in [2.75, 3.05) is 0 Å². The van der Waals surface area contributed by atoms with Crippen molar-refractivity contribution in [2.24, 2.45) is 5.92 Å². The normalized spacial score (nSPS) is 12.5. The number of carbonyl (C=O) groups is 1. The maximum absolute atomic E-state index is 13.3. The summed E-state index contributed by atoms with van der Waals surface area (Å²) in [7, 11) is 0. The van der Waals surface area contributed by atoms with E-state index in [-0.39, 0.29) is 16.5 Å². The molecule has 1 aromatic rings. The number of halogens is 3. The van der Waals surface area contributed by atoms with Crippen molar-refractivity contribution in [2.45, 2.75) is 13.3 Å². The Morgan fingerprint density at radius 1 is 1.47 bits per heavy atom. The predicted octanol–water partition coefficient (Wildman–Crippen LogP) is 2.99. The molecule has 15 heavy (non-hydrogen) atoms. The van der Waals surface area contributed by atoms with E-state index < -0.39 is 23.5 Å². The number of benzene rings is 1. The molecule has 0 aliphatic carbocycles. The third-order valence-corrected chi connectivity index (χ3v) is 2.64. The summed E-state index contributed by atoms with van der Waals surface area (Å²) in [5, 5.41) is 8.63. The van der Waals surface area contributed by atoms with Crippen LogP contribution in [0, 0.1) is 17.6 Å². The molecule has 2 nitrogen and oxygen atoms in total. The average molecular weight is 279 g/mol. The van der Waals surface area contributed by atoms with Gasteiger partial charge in [-0.2, -0.15) is 0 Å². The lowest BCUT2D eigenvalue weighted by Crippen LogP contribution is -2.13. The number of hydrogen-bond acceptors (Lipinski definition) is 1. The Morgan fingerprint density at radius 2 is 2.07 bits per heavy atom. The Labute approximate surface area is 94.0 Å². The molecule has 0 aliphatic rings. The molecule has 5 heteroatoms. The first-order chi connectivity index (χ1) is 6.91. The molecular formula is C10H9BrF2O2. The molecule has 0 aromatic heterocycles. The van der Waals surface area contributed by atoms with Gasteiger partial charge < -0.3 is 5.11 Å². The highest BCUT2D eigenvalue weighted by atomic mass is 79.9. The van der Waals surface area contributed by atoms with Crippen LogP contribution in [0.2, 0.25) is 0 Å². The minimum atomic E-state index is -1.03. The fourth-order valence-corrected chi connectivity index (χ4v) is 1.45. The molecule has 1 N–H and O–H groups in total. The van der Waals surface area contributed by atoms with E-state index in [1.165, 1.54) is 6.92 Å². The van der Waals surface area contributed by atoms with Crippen LogP contribution in [0.3, 0.4) is 0 Å². The van der Waals surface area contributed by atoms with E-state index >= 15 is 0 Å². The highest BCUT2D eigenvalue weighted by Crippen LogP contribution is 2.21. The van der Waals surface area contributed by atoms with Crippen LogP contribution < -0.4 is 0 Å². The standard InChI is InChI=1S/C10H9BrF2O2/c1-5(10(14)15)2-6-3-9(13)7(11)4-8(6)12/h3-5H,2H2,1H3,(H,14,15). The maximum atomic E-state index is 13.3. The monoisotopic (exact) mass is 278 g/mol. The molecule has 0 radical (unpaired) electrons. The Morgan fingerprint density at radius 3 is 2.60 bits per heavy atom. The van der Waals surface area contributed by atoms with Gasteiger partial charge in [-0.05, 0) is 40.0 Å². The van der Waals surface area contributed by atoms with Crippen molar-refractivity contribution in [3.8, 4) is 0 Å². The van der Waals surface area contributed by atoms with Gasteiger partial charge in [0.25, 0.3) is 0 Å². The zero-order valence-corrected chi connectivity index (χ0v) is 9.51. The molecule has 0 amide bonds. The van der Waals surface area contributed by atoms with Crippen LogP contribution in [0.5, 0.6) is 0 Å². The first-order valence-electron chi connectivity index (χ1n) is 4.28.